The predicted molar refractivity (Wildman–Crippen MR) is 77.7 cm³/mol. The van der Waals surface area contributed by atoms with Gasteiger partial charge in [-0.15, -0.1) is 6.42 Å². The van der Waals surface area contributed by atoms with Gasteiger partial charge in [-0.05, 0) is 35.6 Å². The van der Waals surface area contributed by atoms with Crippen LogP contribution in [0.1, 0.15) is 45.2 Å². The largest absolute Gasteiger partial charge is 0.508 e. The summed E-state index contributed by atoms with van der Waals surface area (Å²) in [7, 11) is 0. The first kappa shape index (κ1) is 18.2. The van der Waals surface area contributed by atoms with Crippen molar-refractivity contribution in [3.63, 3.8) is 0 Å². The number of hydrogen-bond acceptors (Lipinski definition) is 1. The summed E-state index contributed by atoms with van der Waals surface area (Å²) in [5, 5.41) is 9.36. The molecule has 0 unspecified atom stereocenters. The Kier molecular flexibility index (Phi) is 7.40. The van der Waals surface area contributed by atoms with Gasteiger partial charge < -0.3 is 5.11 Å². The number of hydrogen-bond donors (Lipinski definition) is 1. The maximum Gasteiger partial charge on any atom is 0.116 e. The Morgan fingerprint density at radius 2 is 1.74 bits per heavy atom. The van der Waals surface area contributed by atoms with Crippen molar-refractivity contribution < 1.29 is 26.8 Å². The number of phenolic OH excluding ortho intramolecular Hbond substituents is 1. The van der Waals surface area contributed by atoms with Crippen LogP contribution in [-0.2, 0) is 27.1 Å². The third-order valence-electron chi connectivity index (χ3n) is 2.79. The zero-order valence-corrected chi connectivity index (χ0v) is 14.1. The van der Waals surface area contributed by atoms with Crippen LogP contribution in [0.5, 0.6) is 5.75 Å². The maximum atomic E-state index is 9.36. The van der Waals surface area contributed by atoms with Gasteiger partial charge in [0.05, 0.1) is 0 Å². The molecule has 0 saturated carbocycles. The molecule has 1 aliphatic rings. The SMILES string of the molecule is CC1=[C-]CC=C1.Cc1cc(O)cc(C(C)(C)C)c1.[Ti]. The molecule has 2 rings (SSSR count). The second-order valence-corrected chi connectivity index (χ2v) is 5.77. The average Bonchev–Trinajstić information content (AvgIpc) is 2.67. The van der Waals surface area contributed by atoms with E-state index >= 15 is 0 Å². The van der Waals surface area contributed by atoms with E-state index in [1.807, 2.05) is 13.0 Å². The molecule has 0 radical (unpaired) electrons. The summed E-state index contributed by atoms with van der Waals surface area (Å²) in [6, 6.07) is 5.71. The van der Waals surface area contributed by atoms with E-state index in [-0.39, 0.29) is 27.1 Å². The molecule has 19 heavy (non-hydrogen) atoms. The van der Waals surface area contributed by atoms with Crippen molar-refractivity contribution in [2.45, 2.75) is 46.5 Å². The fourth-order valence-corrected chi connectivity index (χ4v) is 1.71. The number of aromatic hydroxyl groups is 1. The second kappa shape index (κ2) is 7.72. The molecule has 0 spiro atoms. The van der Waals surface area contributed by atoms with Gasteiger partial charge in [0.25, 0.3) is 0 Å². The summed E-state index contributed by atoms with van der Waals surface area (Å²) in [6.45, 7) is 10.5. The van der Waals surface area contributed by atoms with Crippen LogP contribution in [0, 0.1) is 13.0 Å². The Balaban J connectivity index is 0.000000392. The summed E-state index contributed by atoms with van der Waals surface area (Å²) in [6.07, 6.45) is 8.33. The normalized spacial score (nSPS) is 13.2. The monoisotopic (exact) mass is 291 g/mol. The minimum absolute atomic E-state index is 0. The number of aryl methyl sites for hydroxylation is 1. The average molecular weight is 291 g/mol. The third-order valence-corrected chi connectivity index (χ3v) is 2.79. The summed E-state index contributed by atoms with van der Waals surface area (Å²) in [5.74, 6) is 0.361. The molecule has 0 aromatic heterocycles. The zero-order chi connectivity index (χ0) is 13.8. The predicted octanol–water partition coefficient (Wildman–Crippen LogP) is 4.69. The van der Waals surface area contributed by atoms with E-state index in [0.717, 1.165) is 12.0 Å². The first-order chi connectivity index (χ1) is 8.29. The maximum absolute atomic E-state index is 9.36. The topological polar surface area (TPSA) is 20.2 Å². The van der Waals surface area contributed by atoms with Crippen LogP contribution in [0.4, 0.5) is 0 Å². The number of phenols is 1. The Labute approximate surface area is 132 Å². The molecule has 0 fully saturated rings. The summed E-state index contributed by atoms with van der Waals surface area (Å²) in [4.78, 5) is 0. The summed E-state index contributed by atoms with van der Waals surface area (Å²) < 4.78 is 0. The van der Waals surface area contributed by atoms with Gasteiger partial charge in [0.15, 0.2) is 0 Å². The van der Waals surface area contributed by atoms with Crippen molar-refractivity contribution in [3.05, 3.63) is 53.1 Å². The van der Waals surface area contributed by atoms with Crippen LogP contribution in [0.2, 0.25) is 0 Å². The van der Waals surface area contributed by atoms with Crippen molar-refractivity contribution in [2.75, 3.05) is 0 Å². The quantitative estimate of drug-likeness (QED) is 0.543. The number of benzene rings is 1. The van der Waals surface area contributed by atoms with Crippen molar-refractivity contribution >= 4 is 0 Å². The standard InChI is InChI=1S/C11H16O.C6H7.Ti/c1-8-5-9(11(2,3)4)7-10(12)6-8;1-6-4-2-3-5-6;/h5-7,12H,1-4H3;2,4H,3H2,1H3;/q;-1;. The van der Waals surface area contributed by atoms with Gasteiger partial charge in [0.1, 0.15) is 5.75 Å². The fourth-order valence-electron chi connectivity index (χ4n) is 1.71. The Hall–Kier alpha value is -0.786. The molecular weight excluding hydrogens is 268 g/mol. The minimum Gasteiger partial charge on any atom is -0.508 e. The molecule has 0 aliphatic heterocycles. The number of rotatable bonds is 0. The molecule has 0 heterocycles. The zero-order valence-electron chi connectivity index (χ0n) is 12.5. The fraction of sp³-hybridized carbons (Fsp3) is 0.412. The van der Waals surface area contributed by atoms with Gasteiger partial charge in [0.2, 0.25) is 0 Å². The first-order valence-electron chi connectivity index (χ1n) is 6.34. The van der Waals surface area contributed by atoms with E-state index in [9.17, 15) is 5.11 Å². The molecule has 2 heteroatoms. The molecule has 1 nitrogen and oxygen atoms in total. The van der Waals surface area contributed by atoms with Crippen LogP contribution in [0.3, 0.4) is 0 Å². The molecule has 0 atom stereocenters. The van der Waals surface area contributed by atoms with Crippen LogP contribution >= 0.6 is 0 Å². The van der Waals surface area contributed by atoms with Gasteiger partial charge in [-0.1, -0.05) is 33.8 Å². The van der Waals surface area contributed by atoms with Gasteiger partial charge >= 0.3 is 0 Å². The van der Waals surface area contributed by atoms with Crippen molar-refractivity contribution in [3.8, 4) is 5.75 Å². The first-order valence-corrected chi connectivity index (χ1v) is 6.34. The van der Waals surface area contributed by atoms with Crippen molar-refractivity contribution in [1.29, 1.82) is 0 Å². The third kappa shape index (κ3) is 6.80. The molecule has 1 aromatic rings. The van der Waals surface area contributed by atoms with E-state index in [4.69, 9.17) is 0 Å². The van der Waals surface area contributed by atoms with Crippen LogP contribution in [-0.4, -0.2) is 5.11 Å². The molecule has 0 saturated heterocycles. The van der Waals surface area contributed by atoms with Gasteiger partial charge in [-0.25, -0.2) is 11.6 Å². The van der Waals surface area contributed by atoms with Crippen molar-refractivity contribution in [1.82, 2.24) is 0 Å². The molecule has 0 bridgehead atoms. The van der Waals surface area contributed by atoms with E-state index in [1.165, 1.54) is 11.1 Å². The Bertz CT molecular complexity index is 442. The summed E-state index contributed by atoms with van der Waals surface area (Å²) >= 11 is 0. The van der Waals surface area contributed by atoms with Gasteiger partial charge in [-0.2, -0.15) is 6.08 Å². The molecule has 1 aromatic carbocycles. The Morgan fingerprint density at radius 3 is 2.05 bits per heavy atom. The van der Waals surface area contributed by atoms with Gasteiger partial charge in [0, 0.05) is 21.7 Å². The van der Waals surface area contributed by atoms with Crippen LogP contribution in [0.25, 0.3) is 0 Å². The molecule has 1 N–H and O–H groups in total. The van der Waals surface area contributed by atoms with E-state index < -0.39 is 0 Å². The van der Waals surface area contributed by atoms with Crippen LogP contribution < -0.4 is 0 Å². The number of allylic oxidation sites excluding steroid dienone is 4. The second-order valence-electron chi connectivity index (χ2n) is 5.77. The smallest absolute Gasteiger partial charge is 0.116 e. The molecule has 1 aliphatic carbocycles. The van der Waals surface area contributed by atoms with E-state index in [2.05, 4.69) is 52.0 Å². The molecule has 102 valence electrons. The minimum atomic E-state index is 0. The van der Waals surface area contributed by atoms with E-state index in [0.29, 0.717) is 5.75 Å². The molecular formula is C17H23OTi-. The Morgan fingerprint density at radius 1 is 1.11 bits per heavy atom. The van der Waals surface area contributed by atoms with E-state index in [1.54, 1.807) is 6.07 Å². The summed E-state index contributed by atoms with van der Waals surface area (Å²) in [5.41, 5.74) is 3.68. The van der Waals surface area contributed by atoms with Crippen LogP contribution in [0.15, 0.2) is 35.9 Å². The van der Waals surface area contributed by atoms with Gasteiger partial charge in [-0.3, -0.25) is 6.08 Å². The van der Waals surface area contributed by atoms with Crippen molar-refractivity contribution in [2.24, 2.45) is 0 Å². The molecule has 0 amide bonds.